The van der Waals surface area contributed by atoms with Gasteiger partial charge in [0.2, 0.25) is 0 Å². The summed E-state index contributed by atoms with van der Waals surface area (Å²) in [5.74, 6) is 0. The van der Waals surface area contributed by atoms with Crippen molar-refractivity contribution in [2.24, 2.45) is 5.73 Å². The number of hydrogen-bond donors (Lipinski definition) is 5. The van der Waals surface area contributed by atoms with Crippen molar-refractivity contribution in [3.8, 4) is 0 Å². The fraction of sp³-hybridized carbons (Fsp3) is 0.600. The second-order valence-electron chi connectivity index (χ2n) is 6.29. The molecule has 1 aromatic carbocycles. The van der Waals surface area contributed by atoms with Gasteiger partial charge in [0.25, 0.3) is 0 Å². The van der Waals surface area contributed by atoms with Crippen molar-refractivity contribution >= 4 is 20.7 Å². The zero-order valence-corrected chi connectivity index (χ0v) is 17.2. The zero-order valence-electron chi connectivity index (χ0n) is 15.6. The van der Waals surface area contributed by atoms with Gasteiger partial charge in [-0.15, -0.1) is 0 Å². The van der Waals surface area contributed by atoms with Crippen molar-refractivity contribution in [3.63, 3.8) is 0 Å². The first kappa shape index (κ1) is 25.0. The van der Waals surface area contributed by atoms with E-state index in [2.05, 4.69) is 4.18 Å². The molecular formula is C15H24N2O11S2. The Labute approximate surface area is 173 Å². The lowest BCUT2D eigenvalue weighted by Crippen LogP contribution is -2.65. The van der Waals surface area contributed by atoms with Crippen LogP contribution in [0.25, 0.3) is 0 Å². The fourth-order valence-corrected chi connectivity index (χ4v) is 3.70. The smallest absolute Gasteiger partial charge is 0.388 e. The van der Waals surface area contributed by atoms with E-state index >= 15 is 0 Å². The molecule has 1 saturated heterocycles. The maximum absolute atomic E-state index is 11.3. The molecule has 172 valence electrons. The molecule has 6 N–H and O–H groups in total. The second-order valence-corrected chi connectivity index (χ2v) is 8.56. The van der Waals surface area contributed by atoms with Crippen LogP contribution >= 0.6 is 0 Å². The topological polar surface area (TPSA) is 204 Å². The summed E-state index contributed by atoms with van der Waals surface area (Å²) in [7, 11) is -9.62. The maximum Gasteiger partial charge on any atom is 0.397 e. The molecule has 1 aliphatic rings. The average Bonchev–Trinajstić information content (AvgIpc) is 2.65. The van der Waals surface area contributed by atoms with E-state index in [-0.39, 0.29) is 19.8 Å². The molecule has 1 fully saturated rings. The van der Waals surface area contributed by atoms with Gasteiger partial charge in [0.1, 0.15) is 24.4 Å². The maximum atomic E-state index is 11.3. The summed E-state index contributed by atoms with van der Waals surface area (Å²) >= 11 is 0. The second kappa shape index (κ2) is 10.9. The number of rotatable bonds is 11. The van der Waals surface area contributed by atoms with Crippen LogP contribution in [0.3, 0.4) is 0 Å². The first-order valence-electron chi connectivity index (χ1n) is 8.67. The van der Waals surface area contributed by atoms with Gasteiger partial charge >= 0.3 is 20.7 Å². The van der Waals surface area contributed by atoms with Crippen LogP contribution < -0.4 is 10.5 Å². The zero-order chi connectivity index (χ0) is 22.4. The van der Waals surface area contributed by atoms with Crippen molar-refractivity contribution < 1.29 is 49.4 Å². The largest absolute Gasteiger partial charge is 0.397 e. The van der Waals surface area contributed by atoms with Gasteiger partial charge in [0.05, 0.1) is 19.8 Å². The Kier molecular flexibility index (Phi) is 9.07. The number of hydrogen-bond acceptors (Lipinski definition) is 10. The highest BCUT2D eigenvalue weighted by atomic mass is 32.3. The van der Waals surface area contributed by atoms with Gasteiger partial charge in [0, 0.05) is 6.54 Å². The van der Waals surface area contributed by atoms with Crippen molar-refractivity contribution in [2.45, 2.75) is 37.3 Å². The summed E-state index contributed by atoms with van der Waals surface area (Å²) in [6.45, 7) is -0.908. The van der Waals surface area contributed by atoms with Crippen LogP contribution in [0.1, 0.15) is 5.56 Å². The molecule has 13 nitrogen and oxygen atoms in total. The quantitative estimate of drug-likeness (QED) is 0.227. The van der Waals surface area contributed by atoms with E-state index in [4.69, 9.17) is 29.0 Å². The minimum absolute atomic E-state index is 0.0225. The Balaban J connectivity index is 2.25. The highest BCUT2D eigenvalue weighted by molar-refractivity contribution is 7.83. The molecule has 30 heavy (non-hydrogen) atoms. The number of benzene rings is 1. The number of ether oxygens (including phenoxy) is 3. The predicted molar refractivity (Wildman–Crippen MR) is 101 cm³/mol. The van der Waals surface area contributed by atoms with Crippen molar-refractivity contribution in [1.82, 2.24) is 4.72 Å². The van der Waals surface area contributed by atoms with Crippen LogP contribution in [0.4, 0.5) is 0 Å². The molecule has 1 heterocycles. The molecule has 1 aliphatic heterocycles. The van der Waals surface area contributed by atoms with E-state index in [1.807, 2.05) is 0 Å². The van der Waals surface area contributed by atoms with E-state index in [0.29, 0.717) is 5.56 Å². The van der Waals surface area contributed by atoms with Crippen LogP contribution in [-0.4, -0.2) is 81.4 Å². The molecule has 0 aliphatic carbocycles. The molecule has 15 heteroatoms. The predicted octanol–water partition coefficient (Wildman–Crippen LogP) is -1.79. The average molecular weight is 472 g/mol. The number of aliphatic hydroxyl groups is 1. The molecule has 2 rings (SSSR count). The van der Waals surface area contributed by atoms with Gasteiger partial charge in [-0.05, 0) is 5.56 Å². The Morgan fingerprint density at radius 2 is 1.77 bits per heavy atom. The van der Waals surface area contributed by atoms with Gasteiger partial charge in [-0.2, -0.15) is 21.6 Å². The SMILES string of the molecule is NCCO[C@H]1O[C@H](COS(=O)(=O)O)[C@@H](OCc2ccccc2)[C@H](O)[C@H]1NS(=O)(=O)O. The summed E-state index contributed by atoms with van der Waals surface area (Å²) < 4.78 is 85.0. The molecule has 0 amide bonds. The summed E-state index contributed by atoms with van der Waals surface area (Å²) in [5, 5.41) is 10.7. The van der Waals surface area contributed by atoms with Crippen molar-refractivity contribution in [3.05, 3.63) is 35.9 Å². The summed E-state index contributed by atoms with van der Waals surface area (Å²) in [5.41, 5.74) is 6.04. The monoisotopic (exact) mass is 472 g/mol. The third kappa shape index (κ3) is 8.12. The third-order valence-electron chi connectivity index (χ3n) is 4.02. The Morgan fingerprint density at radius 1 is 1.10 bits per heavy atom. The molecule has 0 spiro atoms. The molecule has 1 aromatic rings. The fourth-order valence-electron chi connectivity index (χ4n) is 2.80. The van der Waals surface area contributed by atoms with Crippen LogP contribution in [0, 0.1) is 0 Å². The van der Waals surface area contributed by atoms with Crippen LogP contribution in [-0.2, 0) is 45.7 Å². The van der Waals surface area contributed by atoms with Gasteiger partial charge in [0.15, 0.2) is 6.29 Å². The first-order valence-corrected chi connectivity index (χ1v) is 11.5. The third-order valence-corrected chi connectivity index (χ3v) is 5.03. The Hall–Kier alpha value is -1.24. The standard InChI is InChI=1S/C15H24N2O11S2/c16-6-7-25-15-12(17-29(19,20)21)13(18)14(11(28-15)9-27-30(22,23)24)26-8-10-4-2-1-3-5-10/h1-5,11-15,17-18H,6-9,16H2,(H,19,20,21)(H,22,23,24)/t11-,12-,13-,14-,15+/m1/s1. The first-order chi connectivity index (χ1) is 14.0. The number of aliphatic hydroxyl groups excluding tert-OH is 1. The van der Waals surface area contributed by atoms with Gasteiger partial charge in [-0.25, -0.2) is 4.18 Å². The normalized spacial score (nSPS) is 27.8. The van der Waals surface area contributed by atoms with E-state index in [1.165, 1.54) is 0 Å². The summed E-state index contributed by atoms with van der Waals surface area (Å²) in [6, 6.07) is 7.18. The van der Waals surface area contributed by atoms with E-state index in [1.54, 1.807) is 35.1 Å². The van der Waals surface area contributed by atoms with Crippen molar-refractivity contribution in [1.29, 1.82) is 0 Å². The molecule has 5 atom stereocenters. The molecule has 0 saturated carbocycles. The minimum atomic E-state index is -4.84. The van der Waals surface area contributed by atoms with E-state index in [9.17, 15) is 21.9 Å². The van der Waals surface area contributed by atoms with Gasteiger partial charge in [-0.3, -0.25) is 9.11 Å². The highest BCUT2D eigenvalue weighted by Crippen LogP contribution is 2.26. The highest BCUT2D eigenvalue weighted by Gasteiger charge is 2.48. The molecule has 0 bridgehead atoms. The lowest BCUT2D eigenvalue weighted by Gasteiger charge is -2.43. The molecule has 0 aromatic heterocycles. The van der Waals surface area contributed by atoms with E-state index < -0.39 is 58.0 Å². The lowest BCUT2D eigenvalue weighted by atomic mass is 9.97. The molecule has 0 radical (unpaired) electrons. The van der Waals surface area contributed by atoms with E-state index in [0.717, 1.165) is 0 Å². The van der Waals surface area contributed by atoms with Crippen LogP contribution in [0.2, 0.25) is 0 Å². The molecule has 0 unspecified atom stereocenters. The Bertz CT molecular complexity index is 864. The number of nitrogens with two attached hydrogens (primary N) is 1. The number of nitrogens with one attached hydrogen (secondary N) is 1. The van der Waals surface area contributed by atoms with Gasteiger partial charge in [-0.1, -0.05) is 30.3 Å². The van der Waals surface area contributed by atoms with Crippen LogP contribution in [0.15, 0.2) is 30.3 Å². The van der Waals surface area contributed by atoms with Gasteiger partial charge < -0.3 is 25.1 Å². The van der Waals surface area contributed by atoms with Crippen LogP contribution in [0.5, 0.6) is 0 Å². The summed E-state index contributed by atoms with van der Waals surface area (Å²) in [6.07, 6.45) is -5.77. The Morgan fingerprint density at radius 3 is 2.33 bits per heavy atom. The summed E-state index contributed by atoms with van der Waals surface area (Å²) in [4.78, 5) is 0. The molecular weight excluding hydrogens is 448 g/mol. The minimum Gasteiger partial charge on any atom is -0.388 e. The lowest BCUT2D eigenvalue weighted by molar-refractivity contribution is -0.276. The van der Waals surface area contributed by atoms with Crippen molar-refractivity contribution in [2.75, 3.05) is 19.8 Å².